The maximum atomic E-state index is 12.5. The molecular weight excluding hydrogens is 372 g/mol. The number of amides is 2. The molecule has 4 rings (SSSR count). The average molecular weight is 394 g/mol. The number of primary amides is 1. The van der Waals surface area contributed by atoms with Gasteiger partial charge in [0.05, 0.1) is 13.2 Å². The first-order valence-corrected chi connectivity index (χ1v) is 9.44. The van der Waals surface area contributed by atoms with E-state index in [1.165, 1.54) is 0 Å². The second kappa shape index (κ2) is 8.27. The molecule has 0 bridgehead atoms. The highest BCUT2D eigenvalue weighted by Crippen LogP contribution is 2.19. The zero-order valence-electron chi connectivity index (χ0n) is 15.9. The van der Waals surface area contributed by atoms with Gasteiger partial charge in [0.15, 0.2) is 0 Å². The normalized spacial score (nSPS) is 14.1. The summed E-state index contributed by atoms with van der Waals surface area (Å²) in [6.45, 7) is 2.84. The Kier molecular flexibility index (Phi) is 5.39. The van der Waals surface area contributed by atoms with E-state index < -0.39 is 0 Å². The first-order chi connectivity index (χ1) is 14.1. The predicted molar refractivity (Wildman–Crippen MR) is 108 cm³/mol. The lowest BCUT2D eigenvalue weighted by Gasteiger charge is -2.26. The summed E-state index contributed by atoms with van der Waals surface area (Å²) in [4.78, 5) is 34.2. The lowest BCUT2D eigenvalue weighted by Crippen LogP contribution is -2.40. The summed E-state index contributed by atoms with van der Waals surface area (Å²) in [7, 11) is 0. The van der Waals surface area contributed by atoms with Crippen molar-refractivity contribution in [2.24, 2.45) is 5.73 Å². The van der Waals surface area contributed by atoms with Gasteiger partial charge in [-0.2, -0.15) is 4.98 Å². The van der Waals surface area contributed by atoms with Gasteiger partial charge in [0.2, 0.25) is 11.9 Å². The summed E-state index contributed by atoms with van der Waals surface area (Å²) < 4.78 is 7.16. The molecule has 0 spiro atoms. The number of hydrogen-bond acceptors (Lipinski definition) is 6. The monoisotopic (exact) mass is 394 g/mol. The third-order valence-corrected chi connectivity index (χ3v) is 4.79. The molecule has 3 N–H and O–H groups in total. The number of anilines is 2. The van der Waals surface area contributed by atoms with E-state index in [0.29, 0.717) is 44.4 Å². The number of benzene rings is 1. The summed E-state index contributed by atoms with van der Waals surface area (Å²) in [5.41, 5.74) is 7.37. The van der Waals surface area contributed by atoms with Gasteiger partial charge in [-0.05, 0) is 30.3 Å². The number of fused-ring (bicyclic) bond motifs is 1. The van der Waals surface area contributed by atoms with Crippen LogP contribution < -0.4 is 11.1 Å². The topological polar surface area (TPSA) is 115 Å². The molecule has 1 saturated heterocycles. The Hall–Kier alpha value is -3.46. The van der Waals surface area contributed by atoms with Gasteiger partial charge < -0.3 is 25.3 Å². The van der Waals surface area contributed by atoms with Crippen LogP contribution in [0.25, 0.3) is 11.0 Å². The Bertz CT molecular complexity index is 1020. The van der Waals surface area contributed by atoms with E-state index in [-0.39, 0.29) is 18.2 Å². The third-order valence-electron chi connectivity index (χ3n) is 4.79. The fourth-order valence-electron chi connectivity index (χ4n) is 3.22. The number of aromatic nitrogens is 3. The van der Waals surface area contributed by atoms with Gasteiger partial charge in [-0.1, -0.05) is 0 Å². The van der Waals surface area contributed by atoms with Gasteiger partial charge in [0.25, 0.3) is 5.91 Å². The highest BCUT2D eigenvalue weighted by atomic mass is 16.5. The van der Waals surface area contributed by atoms with Crippen LogP contribution in [0.2, 0.25) is 0 Å². The lowest BCUT2D eigenvalue weighted by molar-refractivity contribution is -0.118. The van der Waals surface area contributed by atoms with Gasteiger partial charge in [-0.3, -0.25) is 9.59 Å². The number of morpholine rings is 1. The van der Waals surface area contributed by atoms with Crippen LogP contribution in [0, 0.1) is 0 Å². The van der Waals surface area contributed by atoms with Gasteiger partial charge in [-0.15, -0.1) is 0 Å². The molecule has 1 aliphatic heterocycles. The van der Waals surface area contributed by atoms with E-state index in [9.17, 15) is 9.59 Å². The summed E-state index contributed by atoms with van der Waals surface area (Å²) in [6, 6.07) is 9.12. The van der Waals surface area contributed by atoms with Crippen molar-refractivity contribution in [2.45, 2.75) is 13.0 Å². The molecule has 1 aliphatic rings. The first kappa shape index (κ1) is 18.9. The standard InChI is InChI=1S/C20H22N6O3/c21-17(27)6-8-25-7-5-15-13-22-20(24-18(15)25)23-16-3-1-14(2-4-16)19(28)26-9-11-29-12-10-26/h1-5,7,13H,6,8-12H2,(H2,21,27)(H,22,23,24). The fraction of sp³-hybridized carbons (Fsp3) is 0.300. The number of carbonyl (C=O) groups is 2. The molecule has 3 aromatic rings. The minimum atomic E-state index is -0.356. The maximum absolute atomic E-state index is 12.5. The van der Waals surface area contributed by atoms with Crippen molar-refractivity contribution in [3.05, 3.63) is 48.3 Å². The Balaban J connectivity index is 1.47. The second-order valence-corrected chi connectivity index (χ2v) is 6.80. The number of ether oxygens (including phenoxy) is 1. The molecule has 0 saturated carbocycles. The SMILES string of the molecule is NC(=O)CCn1ccc2cnc(Nc3ccc(C(=O)N4CCOCC4)cc3)nc21. The summed E-state index contributed by atoms with van der Waals surface area (Å²) >= 11 is 0. The molecule has 0 radical (unpaired) electrons. The molecular formula is C20H22N6O3. The third kappa shape index (κ3) is 4.35. The fourth-order valence-corrected chi connectivity index (χ4v) is 3.22. The zero-order chi connectivity index (χ0) is 20.2. The minimum absolute atomic E-state index is 0.00444. The van der Waals surface area contributed by atoms with Gasteiger partial charge >= 0.3 is 0 Å². The molecule has 9 nitrogen and oxygen atoms in total. The number of aryl methyl sites for hydroxylation is 1. The molecule has 2 aromatic heterocycles. The highest BCUT2D eigenvalue weighted by Gasteiger charge is 2.18. The van der Waals surface area contributed by atoms with E-state index in [1.54, 1.807) is 23.2 Å². The van der Waals surface area contributed by atoms with Crippen molar-refractivity contribution in [1.29, 1.82) is 0 Å². The van der Waals surface area contributed by atoms with E-state index in [1.807, 2.05) is 29.0 Å². The summed E-state index contributed by atoms with van der Waals surface area (Å²) in [6.07, 6.45) is 3.83. The molecule has 2 amide bonds. The number of carbonyl (C=O) groups excluding carboxylic acids is 2. The quantitative estimate of drug-likeness (QED) is 0.655. The molecule has 1 fully saturated rings. The Morgan fingerprint density at radius 1 is 1.14 bits per heavy atom. The van der Waals surface area contributed by atoms with Crippen molar-refractivity contribution >= 4 is 34.5 Å². The van der Waals surface area contributed by atoms with Crippen molar-refractivity contribution < 1.29 is 14.3 Å². The van der Waals surface area contributed by atoms with Gasteiger partial charge in [0.1, 0.15) is 5.65 Å². The zero-order valence-corrected chi connectivity index (χ0v) is 15.9. The maximum Gasteiger partial charge on any atom is 0.254 e. The molecule has 0 aliphatic carbocycles. The van der Waals surface area contributed by atoms with Gasteiger partial charge in [-0.25, -0.2) is 4.98 Å². The largest absolute Gasteiger partial charge is 0.378 e. The highest BCUT2D eigenvalue weighted by molar-refractivity contribution is 5.94. The Morgan fingerprint density at radius 3 is 2.62 bits per heavy atom. The number of nitrogens with two attached hydrogens (primary N) is 1. The lowest BCUT2D eigenvalue weighted by atomic mass is 10.1. The minimum Gasteiger partial charge on any atom is -0.378 e. The Labute approximate surface area is 167 Å². The van der Waals surface area contributed by atoms with E-state index in [2.05, 4.69) is 15.3 Å². The molecule has 29 heavy (non-hydrogen) atoms. The average Bonchev–Trinajstić information content (AvgIpc) is 3.15. The smallest absolute Gasteiger partial charge is 0.254 e. The van der Waals surface area contributed by atoms with Gasteiger partial charge in [0, 0.05) is 55.1 Å². The molecule has 150 valence electrons. The van der Waals surface area contributed by atoms with Crippen LogP contribution in [-0.4, -0.2) is 57.6 Å². The van der Waals surface area contributed by atoms with Crippen LogP contribution in [0.4, 0.5) is 11.6 Å². The number of nitrogens with one attached hydrogen (secondary N) is 1. The molecule has 9 heteroatoms. The van der Waals surface area contributed by atoms with Crippen LogP contribution in [0.3, 0.4) is 0 Å². The molecule has 0 atom stereocenters. The van der Waals surface area contributed by atoms with Crippen LogP contribution in [0.5, 0.6) is 0 Å². The molecule has 1 aromatic carbocycles. The second-order valence-electron chi connectivity index (χ2n) is 6.80. The van der Waals surface area contributed by atoms with Crippen LogP contribution >= 0.6 is 0 Å². The number of rotatable bonds is 6. The van der Waals surface area contributed by atoms with Crippen LogP contribution in [0.15, 0.2) is 42.7 Å². The van der Waals surface area contributed by atoms with Crippen molar-refractivity contribution in [3.8, 4) is 0 Å². The van der Waals surface area contributed by atoms with E-state index in [0.717, 1.165) is 16.7 Å². The molecule has 3 heterocycles. The Morgan fingerprint density at radius 2 is 1.90 bits per heavy atom. The number of hydrogen-bond donors (Lipinski definition) is 2. The van der Waals surface area contributed by atoms with Crippen molar-refractivity contribution in [3.63, 3.8) is 0 Å². The van der Waals surface area contributed by atoms with Crippen LogP contribution in [-0.2, 0) is 16.1 Å². The first-order valence-electron chi connectivity index (χ1n) is 9.44. The van der Waals surface area contributed by atoms with Crippen LogP contribution in [0.1, 0.15) is 16.8 Å². The molecule has 0 unspecified atom stereocenters. The summed E-state index contributed by atoms with van der Waals surface area (Å²) in [5.74, 6) is 0.0829. The van der Waals surface area contributed by atoms with Crippen molar-refractivity contribution in [1.82, 2.24) is 19.4 Å². The van der Waals surface area contributed by atoms with E-state index in [4.69, 9.17) is 10.5 Å². The van der Waals surface area contributed by atoms with Crippen molar-refractivity contribution in [2.75, 3.05) is 31.6 Å². The summed E-state index contributed by atoms with van der Waals surface area (Å²) in [5, 5.41) is 4.03. The predicted octanol–water partition coefficient (Wildman–Crippen LogP) is 1.52. The number of nitrogens with zero attached hydrogens (tertiary/aromatic N) is 4. The van der Waals surface area contributed by atoms with E-state index >= 15 is 0 Å².